The second-order valence-corrected chi connectivity index (χ2v) is 16.9. The molecule has 2 rings (SSSR count). The lowest BCUT2D eigenvalue weighted by atomic mass is 10.0. The number of amides is 9. The van der Waals surface area contributed by atoms with Gasteiger partial charge in [-0.25, -0.2) is 4.79 Å². The fourth-order valence-corrected chi connectivity index (χ4v) is 6.61. The average Bonchev–Trinajstić information content (AvgIpc) is 3.61. The summed E-state index contributed by atoms with van der Waals surface area (Å²) in [5.74, 6) is -7.53. The molecular formula is C46H70N8O16. The van der Waals surface area contributed by atoms with Crippen LogP contribution in [-0.2, 0) is 68.5 Å². The lowest BCUT2D eigenvalue weighted by Crippen LogP contribution is -2.59. The second kappa shape index (κ2) is 33.1. The topological polar surface area (TPSA) is 350 Å². The number of carboxylic acid groups (broad SMARTS) is 2. The molecule has 1 heterocycles. The van der Waals surface area contributed by atoms with Gasteiger partial charge in [0, 0.05) is 43.6 Å². The Morgan fingerprint density at radius 1 is 0.600 bits per heavy atom. The fourth-order valence-electron chi connectivity index (χ4n) is 6.61. The Kier molecular flexibility index (Phi) is 28.2. The largest absolute Gasteiger partial charge is 0.481 e. The molecule has 1 aliphatic heterocycles. The van der Waals surface area contributed by atoms with Crippen LogP contribution >= 0.6 is 0 Å². The Balaban J connectivity index is 1.96. The maximum Gasteiger partial charge on any atom is 0.312 e. The van der Waals surface area contributed by atoms with Gasteiger partial charge in [-0.05, 0) is 61.6 Å². The number of nitrogens with one attached hydrogen (secondary N) is 6. The van der Waals surface area contributed by atoms with Gasteiger partial charge in [0.15, 0.2) is 0 Å². The van der Waals surface area contributed by atoms with Gasteiger partial charge < -0.3 is 66.8 Å². The summed E-state index contributed by atoms with van der Waals surface area (Å²) in [6.45, 7) is 8.95. The number of nitrogens with zero attached hydrogens (tertiary/aromatic N) is 1. The number of hydrogen-bond acceptors (Lipinski definition) is 14. The highest BCUT2D eigenvalue weighted by Crippen LogP contribution is 2.15. The number of anilines is 1. The van der Waals surface area contributed by atoms with Crippen molar-refractivity contribution in [3.05, 3.63) is 42.0 Å². The van der Waals surface area contributed by atoms with E-state index < -0.39 is 96.9 Å². The molecule has 0 aliphatic carbocycles. The molecule has 1 aliphatic rings. The number of urea groups is 1. The number of hydrogen-bond donors (Lipinski definition) is 9. The Hall–Kier alpha value is -6.50. The van der Waals surface area contributed by atoms with E-state index in [2.05, 4.69) is 45.7 Å². The van der Waals surface area contributed by atoms with Gasteiger partial charge in [0.2, 0.25) is 29.5 Å². The van der Waals surface area contributed by atoms with Crippen LogP contribution < -0.4 is 37.6 Å². The third kappa shape index (κ3) is 25.2. The number of carbonyl (C=O) groups is 10. The minimum atomic E-state index is -1.56. The van der Waals surface area contributed by atoms with Crippen molar-refractivity contribution in [1.29, 1.82) is 0 Å². The van der Waals surface area contributed by atoms with Gasteiger partial charge in [-0.2, -0.15) is 0 Å². The van der Waals surface area contributed by atoms with Crippen LogP contribution in [0.5, 0.6) is 0 Å². The van der Waals surface area contributed by atoms with Crippen molar-refractivity contribution in [2.45, 2.75) is 103 Å². The third-order valence-corrected chi connectivity index (χ3v) is 10.2. The Labute approximate surface area is 406 Å². The highest BCUT2D eigenvalue weighted by molar-refractivity contribution is 6.12. The third-order valence-electron chi connectivity index (χ3n) is 10.2. The first kappa shape index (κ1) is 59.6. The molecular weight excluding hydrogens is 921 g/mol. The van der Waals surface area contributed by atoms with Gasteiger partial charge in [-0.1, -0.05) is 39.8 Å². The van der Waals surface area contributed by atoms with E-state index in [-0.39, 0.29) is 103 Å². The first-order chi connectivity index (χ1) is 33.3. The summed E-state index contributed by atoms with van der Waals surface area (Å²) in [6, 6.07) is 0.941. The van der Waals surface area contributed by atoms with Crippen molar-refractivity contribution in [1.82, 2.24) is 31.5 Å². The predicted molar refractivity (Wildman–Crippen MR) is 250 cm³/mol. The van der Waals surface area contributed by atoms with Crippen molar-refractivity contribution >= 4 is 65.0 Å². The van der Waals surface area contributed by atoms with Crippen molar-refractivity contribution in [3.63, 3.8) is 0 Å². The quantitative estimate of drug-likeness (QED) is 0.0312. The minimum absolute atomic E-state index is 0.0511. The molecule has 0 unspecified atom stereocenters. The van der Waals surface area contributed by atoms with Crippen LogP contribution in [0.2, 0.25) is 0 Å². The van der Waals surface area contributed by atoms with Crippen molar-refractivity contribution in [2.75, 3.05) is 71.3 Å². The zero-order chi connectivity index (χ0) is 52.0. The molecule has 10 N–H and O–H groups in total. The van der Waals surface area contributed by atoms with Crippen LogP contribution in [0.4, 0.5) is 10.5 Å². The number of rotatable bonds is 37. The van der Waals surface area contributed by atoms with E-state index in [1.54, 1.807) is 26.0 Å². The summed E-state index contributed by atoms with van der Waals surface area (Å²) in [5.41, 5.74) is 6.71. The molecule has 1 aromatic rings. The Morgan fingerprint density at radius 3 is 1.60 bits per heavy atom. The molecule has 390 valence electrons. The maximum atomic E-state index is 13.8. The summed E-state index contributed by atoms with van der Waals surface area (Å²) < 4.78 is 21.6. The second-order valence-electron chi connectivity index (χ2n) is 16.9. The summed E-state index contributed by atoms with van der Waals surface area (Å²) in [7, 11) is 0. The minimum Gasteiger partial charge on any atom is -0.481 e. The fraction of sp³-hybridized carbons (Fsp3) is 0.609. The van der Waals surface area contributed by atoms with Crippen LogP contribution in [0, 0.1) is 11.8 Å². The summed E-state index contributed by atoms with van der Waals surface area (Å²) in [4.78, 5) is 126. The first-order valence-corrected chi connectivity index (χ1v) is 23.2. The number of ether oxygens (including phenoxy) is 4. The van der Waals surface area contributed by atoms with E-state index in [1.165, 1.54) is 12.2 Å². The lowest BCUT2D eigenvalue weighted by molar-refractivity contribution is -0.140. The number of nitrogens with two attached hydrogens (primary N) is 1. The number of aliphatic carboxylic acids is 2. The molecule has 0 aromatic heterocycles. The number of imide groups is 1. The monoisotopic (exact) mass is 990 g/mol. The van der Waals surface area contributed by atoms with E-state index >= 15 is 0 Å². The zero-order valence-electron chi connectivity index (χ0n) is 40.3. The molecule has 0 fully saturated rings. The molecule has 70 heavy (non-hydrogen) atoms. The van der Waals surface area contributed by atoms with Gasteiger partial charge in [0.25, 0.3) is 11.8 Å². The van der Waals surface area contributed by atoms with Crippen molar-refractivity contribution in [3.8, 4) is 0 Å². The lowest BCUT2D eigenvalue weighted by Gasteiger charge is -2.28. The summed E-state index contributed by atoms with van der Waals surface area (Å²) >= 11 is 0. The van der Waals surface area contributed by atoms with E-state index in [1.807, 2.05) is 12.1 Å². The number of carboxylic acids is 2. The van der Waals surface area contributed by atoms with Crippen LogP contribution in [0.15, 0.2) is 36.4 Å². The van der Waals surface area contributed by atoms with Crippen molar-refractivity contribution < 1.29 is 77.1 Å². The molecule has 9 amide bonds. The molecule has 0 bridgehead atoms. The molecule has 1 aromatic carbocycles. The van der Waals surface area contributed by atoms with E-state index in [9.17, 15) is 58.2 Å². The van der Waals surface area contributed by atoms with Gasteiger partial charge in [0.1, 0.15) is 24.2 Å². The standard InChI is InChI=1S/C46H70N8O16/c1-29(2)28-31-7-9-32(10-8-31)49-42(62)33(6-5-18-48-46(47)66)52-45(65)41(30(3)4)53-44(64)35(12-16-40(60)61)51-43(63)34(11-15-39(58)59)50-36(55)17-20-67-22-24-69-26-27-70-25-23-68-21-19-54-37(56)13-14-38(54)57/h7-10,13-14,29-30,33-35,41H,5-6,11-12,15-28H2,1-4H3,(H,49,62)(H,50,55)(H,51,63)(H,52,65)(H,53,64)(H,58,59)(H,60,61)(H3,47,48,66)/t33-,34-,35-,41-/m0/s1. The van der Waals surface area contributed by atoms with Crippen LogP contribution in [0.3, 0.4) is 0 Å². The van der Waals surface area contributed by atoms with Gasteiger partial charge in [-0.15, -0.1) is 0 Å². The highest BCUT2D eigenvalue weighted by Gasteiger charge is 2.33. The maximum absolute atomic E-state index is 13.8. The number of primary amides is 1. The molecule has 0 saturated heterocycles. The summed E-state index contributed by atoms with van der Waals surface area (Å²) in [6.07, 6.45) is 1.27. The SMILES string of the molecule is CC(C)Cc1ccc(NC(=O)[C@H](CCCNC(N)=O)NC(=O)[C@@H](NC(=O)[C@H](CCC(=O)O)NC(=O)[C@H](CCC(=O)O)NC(=O)CCOCCOCCOCCOCCN2C(=O)C=CC2=O)C(C)C)cc1. The van der Waals surface area contributed by atoms with Crippen molar-refractivity contribution in [2.24, 2.45) is 17.6 Å². The van der Waals surface area contributed by atoms with Gasteiger partial charge >= 0.3 is 18.0 Å². The van der Waals surface area contributed by atoms with E-state index in [4.69, 9.17) is 24.7 Å². The highest BCUT2D eigenvalue weighted by atomic mass is 16.6. The van der Waals surface area contributed by atoms with Gasteiger partial charge in [0.05, 0.1) is 59.4 Å². The van der Waals surface area contributed by atoms with E-state index in [0.29, 0.717) is 11.6 Å². The smallest absolute Gasteiger partial charge is 0.312 e. The molecule has 4 atom stereocenters. The molecule has 0 spiro atoms. The van der Waals surface area contributed by atoms with Crippen LogP contribution in [0.1, 0.15) is 78.2 Å². The predicted octanol–water partition coefficient (Wildman–Crippen LogP) is -0.0216. The van der Waals surface area contributed by atoms with Crippen LogP contribution in [0.25, 0.3) is 0 Å². The summed E-state index contributed by atoms with van der Waals surface area (Å²) in [5, 5.41) is 34.0. The van der Waals surface area contributed by atoms with E-state index in [0.717, 1.165) is 16.9 Å². The van der Waals surface area contributed by atoms with Gasteiger partial charge in [-0.3, -0.25) is 48.1 Å². The first-order valence-electron chi connectivity index (χ1n) is 23.2. The average molecular weight is 991 g/mol. The Bertz CT molecular complexity index is 1910. The van der Waals surface area contributed by atoms with Crippen LogP contribution in [-0.4, -0.2) is 165 Å². The molecule has 24 nitrogen and oxygen atoms in total. The molecule has 24 heteroatoms. The Morgan fingerprint density at radius 2 is 1.09 bits per heavy atom. The molecule has 0 saturated carbocycles. The normalized spacial score (nSPS) is 13.9. The zero-order valence-corrected chi connectivity index (χ0v) is 40.3. The molecule has 0 radical (unpaired) electrons. The number of benzene rings is 1. The number of carbonyl (C=O) groups excluding carboxylic acids is 8.